The van der Waals surface area contributed by atoms with E-state index in [0.29, 0.717) is 11.9 Å². The molecular weight excluding hydrogens is 226 g/mol. The fourth-order valence-electron chi connectivity index (χ4n) is 2.23. The van der Waals surface area contributed by atoms with E-state index in [4.69, 9.17) is 4.74 Å². The maximum atomic E-state index is 11.7. The molecule has 2 fully saturated rings. The molecule has 16 heavy (non-hydrogen) atoms. The van der Waals surface area contributed by atoms with Crippen LogP contribution >= 0.6 is 11.8 Å². The number of ether oxygens (including phenoxy) is 1. The number of thioether (sulfide) groups is 1. The predicted octanol–water partition coefficient (Wildman–Crippen LogP) is 0.492. The van der Waals surface area contributed by atoms with Gasteiger partial charge in [-0.25, -0.2) is 0 Å². The first-order valence-corrected chi connectivity index (χ1v) is 6.96. The molecule has 0 radical (unpaired) electrons. The van der Waals surface area contributed by atoms with Gasteiger partial charge < -0.3 is 14.7 Å². The molecule has 5 heteroatoms. The SMILES string of the molecule is O=C1COCC(CO)N1CC1CCCCS1. The number of aliphatic hydroxyl groups is 1. The van der Waals surface area contributed by atoms with Gasteiger partial charge in [-0.05, 0) is 18.6 Å². The lowest BCUT2D eigenvalue weighted by Gasteiger charge is -2.37. The largest absolute Gasteiger partial charge is 0.394 e. The maximum Gasteiger partial charge on any atom is 0.249 e. The van der Waals surface area contributed by atoms with E-state index < -0.39 is 0 Å². The second-order valence-corrected chi connectivity index (χ2v) is 5.79. The Morgan fingerprint density at radius 1 is 1.50 bits per heavy atom. The van der Waals surface area contributed by atoms with Gasteiger partial charge in [0.1, 0.15) is 6.61 Å². The van der Waals surface area contributed by atoms with Crippen molar-refractivity contribution >= 4 is 17.7 Å². The molecule has 0 aromatic carbocycles. The van der Waals surface area contributed by atoms with E-state index in [-0.39, 0.29) is 25.2 Å². The summed E-state index contributed by atoms with van der Waals surface area (Å²) in [7, 11) is 0. The van der Waals surface area contributed by atoms with Crippen molar-refractivity contribution in [3.8, 4) is 0 Å². The van der Waals surface area contributed by atoms with Crippen molar-refractivity contribution in [3.05, 3.63) is 0 Å². The Morgan fingerprint density at radius 3 is 3.06 bits per heavy atom. The molecule has 0 bridgehead atoms. The summed E-state index contributed by atoms with van der Waals surface area (Å²) in [4.78, 5) is 13.5. The number of amides is 1. The van der Waals surface area contributed by atoms with Crippen LogP contribution in [0.15, 0.2) is 0 Å². The molecule has 2 aliphatic heterocycles. The first-order chi connectivity index (χ1) is 7.81. The van der Waals surface area contributed by atoms with Crippen molar-refractivity contribution in [3.63, 3.8) is 0 Å². The van der Waals surface area contributed by atoms with Gasteiger partial charge in [0.2, 0.25) is 5.91 Å². The molecule has 2 atom stereocenters. The van der Waals surface area contributed by atoms with Gasteiger partial charge in [0.25, 0.3) is 0 Å². The van der Waals surface area contributed by atoms with Crippen molar-refractivity contribution in [2.24, 2.45) is 0 Å². The highest BCUT2D eigenvalue weighted by molar-refractivity contribution is 7.99. The van der Waals surface area contributed by atoms with Crippen LogP contribution in [0.4, 0.5) is 0 Å². The summed E-state index contributed by atoms with van der Waals surface area (Å²) in [5.74, 6) is 1.23. The fourth-order valence-corrected chi connectivity index (χ4v) is 3.54. The molecule has 0 aliphatic carbocycles. The number of carbonyl (C=O) groups excluding carboxylic acids is 1. The summed E-state index contributed by atoms with van der Waals surface area (Å²) < 4.78 is 5.15. The summed E-state index contributed by atoms with van der Waals surface area (Å²) in [6.07, 6.45) is 3.75. The second-order valence-electron chi connectivity index (χ2n) is 4.39. The van der Waals surface area contributed by atoms with Crippen LogP contribution in [0.3, 0.4) is 0 Å². The number of nitrogens with zero attached hydrogens (tertiary/aromatic N) is 1. The number of hydrogen-bond donors (Lipinski definition) is 1. The molecule has 0 saturated carbocycles. The highest BCUT2D eigenvalue weighted by Gasteiger charge is 2.30. The van der Waals surface area contributed by atoms with Crippen molar-refractivity contribution in [1.29, 1.82) is 0 Å². The first kappa shape index (κ1) is 12.2. The molecule has 2 heterocycles. The van der Waals surface area contributed by atoms with Gasteiger partial charge in [0.05, 0.1) is 19.3 Å². The fraction of sp³-hybridized carbons (Fsp3) is 0.909. The molecule has 2 aliphatic rings. The zero-order valence-corrected chi connectivity index (χ0v) is 10.2. The first-order valence-electron chi connectivity index (χ1n) is 5.91. The normalized spacial score (nSPS) is 31.8. The van der Waals surface area contributed by atoms with Crippen LogP contribution in [-0.2, 0) is 9.53 Å². The lowest BCUT2D eigenvalue weighted by atomic mass is 10.1. The molecule has 2 rings (SSSR count). The summed E-state index contributed by atoms with van der Waals surface area (Å²) in [5.41, 5.74) is 0. The summed E-state index contributed by atoms with van der Waals surface area (Å²) in [6, 6.07) is -0.135. The van der Waals surface area contributed by atoms with Gasteiger partial charge in [-0.1, -0.05) is 6.42 Å². The van der Waals surface area contributed by atoms with E-state index in [1.807, 2.05) is 16.7 Å². The average molecular weight is 245 g/mol. The highest BCUT2D eigenvalue weighted by Crippen LogP contribution is 2.26. The molecule has 92 valence electrons. The molecule has 1 amide bonds. The Hall–Kier alpha value is -0.260. The molecule has 1 N–H and O–H groups in total. The minimum absolute atomic E-state index is 0.00310. The molecule has 0 aromatic heterocycles. The van der Waals surface area contributed by atoms with Gasteiger partial charge >= 0.3 is 0 Å². The number of carbonyl (C=O) groups is 1. The number of rotatable bonds is 3. The van der Waals surface area contributed by atoms with Crippen molar-refractivity contribution in [2.45, 2.75) is 30.6 Å². The van der Waals surface area contributed by atoms with Crippen molar-refractivity contribution < 1.29 is 14.6 Å². The molecule has 0 aromatic rings. The van der Waals surface area contributed by atoms with Crippen LogP contribution in [0.25, 0.3) is 0 Å². The predicted molar refractivity (Wildman–Crippen MR) is 63.5 cm³/mol. The molecule has 2 unspecified atom stereocenters. The van der Waals surface area contributed by atoms with Crippen LogP contribution in [0.1, 0.15) is 19.3 Å². The molecule has 2 saturated heterocycles. The minimum atomic E-state index is -0.135. The van der Waals surface area contributed by atoms with Gasteiger partial charge in [0.15, 0.2) is 0 Å². The molecule has 4 nitrogen and oxygen atoms in total. The van der Waals surface area contributed by atoms with Gasteiger partial charge in [-0.3, -0.25) is 4.79 Å². The Morgan fingerprint density at radius 2 is 2.38 bits per heavy atom. The smallest absolute Gasteiger partial charge is 0.249 e. The van der Waals surface area contributed by atoms with E-state index in [9.17, 15) is 9.90 Å². The Labute approximate surface area is 100 Å². The van der Waals surface area contributed by atoms with Gasteiger partial charge in [-0.15, -0.1) is 0 Å². The third kappa shape index (κ3) is 2.90. The van der Waals surface area contributed by atoms with E-state index in [0.717, 1.165) is 6.54 Å². The van der Waals surface area contributed by atoms with E-state index >= 15 is 0 Å². The molecular formula is C11H19NO3S. The number of hydrogen-bond acceptors (Lipinski definition) is 4. The Kier molecular flexibility index (Phi) is 4.49. The maximum absolute atomic E-state index is 11.7. The monoisotopic (exact) mass is 245 g/mol. The summed E-state index contributed by atoms with van der Waals surface area (Å²) in [6.45, 7) is 1.43. The zero-order valence-electron chi connectivity index (χ0n) is 9.43. The van der Waals surface area contributed by atoms with Crippen LogP contribution in [0, 0.1) is 0 Å². The minimum Gasteiger partial charge on any atom is -0.394 e. The number of aliphatic hydroxyl groups excluding tert-OH is 1. The average Bonchev–Trinajstić information content (AvgIpc) is 2.33. The Balaban J connectivity index is 1.91. The lowest BCUT2D eigenvalue weighted by molar-refractivity contribution is -0.149. The van der Waals surface area contributed by atoms with Crippen LogP contribution in [-0.4, -0.2) is 59.3 Å². The van der Waals surface area contributed by atoms with Gasteiger partial charge in [0, 0.05) is 11.8 Å². The quantitative estimate of drug-likeness (QED) is 0.786. The Bertz CT molecular complexity index is 243. The standard InChI is InChI=1S/C11H19NO3S/c13-6-9-7-15-8-11(14)12(9)5-10-3-1-2-4-16-10/h9-10,13H,1-8H2. The van der Waals surface area contributed by atoms with E-state index in [1.165, 1.54) is 25.0 Å². The third-order valence-corrected chi connectivity index (χ3v) is 4.56. The highest BCUT2D eigenvalue weighted by atomic mass is 32.2. The van der Waals surface area contributed by atoms with Gasteiger partial charge in [-0.2, -0.15) is 11.8 Å². The van der Waals surface area contributed by atoms with Crippen LogP contribution in [0.2, 0.25) is 0 Å². The van der Waals surface area contributed by atoms with Crippen LogP contribution in [0.5, 0.6) is 0 Å². The van der Waals surface area contributed by atoms with E-state index in [2.05, 4.69) is 0 Å². The number of morpholine rings is 1. The van der Waals surface area contributed by atoms with Crippen molar-refractivity contribution in [2.75, 3.05) is 32.1 Å². The summed E-state index contributed by atoms with van der Waals surface area (Å²) in [5, 5.41) is 9.77. The lowest BCUT2D eigenvalue weighted by Crippen LogP contribution is -2.53. The third-order valence-electron chi connectivity index (χ3n) is 3.18. The zero-order chi connectivity index (χ0) is 11.4. The second kappa shape index (κ2) is 5.89. The summed E-state index contributed by atoms with van der Waals surface area (Å²) >= 11 is 1.96. The molecule has 0 spiro atoms. The van der Waals surface area contributed by atoms with Crippen molar-refractivity contribution in [1.82, 2.24) is 4.90 Å². The van der Waals surface area contributed by atoms with E-state index in [1.54, 1.807) is 0 Å². The topological polar surface area (TPSA) is 49.8 Å². The van der Waals surface area contributed by atoms with Crippen LogP contribution < -0.4 is 0 Å².